The normalized spacial score (nSPS) is 19.6. The topological polar surface area (TPSA) is 74.8 Å². The second kappa shape index (κ2) is 8.79. The summed E-state index contributed by atoms with van der Waals surface area (Å²) in [7, 11) is 1.64. The average molecular weight is 366 g/mol. The third kappa shape index (κ3) is 4.93. The van der Waals surface area contributed by atoms with Crippen molar-refractivity contribution in [3.8, 4) is 5.75 Å². The van der Waals surface area contributed by atoms with E-state index in [1.807, 2.05) is 36.4 Å². The number of carbonyl (C=O) groups excluding carboxylic acids is 1. The first-order chi connectivity index (χ1) is 13.1. The molecule has 0 spiro atoms. The summed E-state index contributed by atoms with van der Waals surface area (Å²) in [5.41, 5.74) is 12.1. The molecule has 142 valence electrons. The van der Waals surface area contributed by atoms with E-state index in [0.717, 1.165) is 16.9 Å². The summed E-state index contributed by atoms with van der Waals surface area (Å²) in [5, 5.41) is 4.07. The molecule has 0 radical (unpaired) electrons. The van der Waals surface area contributed by atoms with Crippen molar-refractivity contribution >= 4 is 12.1 Å². The maximum Gasteiger partial charge on any atom is 0.258 e. The fourth-order valence-corrected chi connectivity index (χ4v) is 3.02. The number of hydrogen-bond acceptors (Lipinski definition) is 5. The smallest absolute Gasteiger partial charge is 0.258 e. The van der Waals surface area contributed by atoms with Crippen molar-refractivity contribution in [2.45, 2.75) is 38.3 Å². The van der Waals surface area contributed by atoms with Crippen LogP contribution >= 0.6 is 0 Å². The minimum absolute atomic E-state index is 0.0448. The second-order valence-electron chi connectivity index (χ2n) is 6.96. The molecule has 2 aromatic carbocycles. The van der Waals surface area contributed by atoms with Gasteiger partial charge in [-0.15, -0.1) is 0 Å². The summed E-state index contributed by atoms with van der Waals surface area (Å²) in [4.78, 5) is 12.3. The highest BCUT2D eigenvalue weighted by Gasteiger charge is 2.30. The lowest BCUT2D eigenvalue weighted by atomic mass is 10.0. The highest BCUT2D eigenvalue weighted by molar-refractivity contribution is 5.85. The lowest BCUT2D eigenvalue weighted by Gasteiger charge is -2.10. The minimum Gasteiger partial charge on any atom is -0.497 e. The van der Waals surface area contributed by atoms with E-state index in [9.17, 15) is 4.79 Å². The number of benzene rings is 2. The summed E-state index contributed by atoms with van der Waals surface area (Å²) in [6.45, 7) is 4.31. The van der Waals surface area contributed by atoms with Gasteiger partial charge in [-0.25, -0.2) is 16.3 Å². The van der Waals surface area contributed by atoms with Crippen LogP contribution in [0, 0.1) is 0 Å². The Bertz CT molecular complexity index is 802. The largest absolute Gasteiger partial charge is 0.497 e. The number of nitrogens with one attached hydrogen (secondary N) is 3. The van der Waals surface area contributed by atoms with E-state index >= 15 is 0 Å². The first-order valence-electron chi connectivity index (χ1n) is 9.14. The van der Waals surface area contributed by atoms with Crippen LogP contribution in [0.3, 0.4) is 0 Å². The monoisotopic (exact) mass is 366 g/mol. The molecule has 3 rings (SSSR count). The minimum atomic E-state index is -0.346. The number of carbonyl (C=O) groups is 1. The zero-order chi connectivity index (χ0) is 19.2. The van der Waals surface area contributed by atoms with E-state index in [1.54, 1.807) is 13.3 Å². The van der Waals surface area contributed by atoms with E-state index in [2.05, 4.69) is 47.4 Å². The van der Waals surface area contributed by atoms with Gasteiger partial charge in [0.25, 0.3) is 5.91 Å². The fourth-order valence-electron chi connectivity index (χ4n) is 3.02. The van der Waals surface area contributed by atoms with E-state index in [-0.39, 0.29) is 18.0 Å². The van der Waals surface area contributed by atoms with Crippen LogP contribution in [0.25, 0.3) is 0 Å². The number of hydrazone groups is 1. The summed E-state index contributed by atoms with van der Waals surface area (Å²) in [6, 6.07) is 15.7. The van der Waals surface area contributed by atoms with Crippen molar-refractivity contribution in [3.05, 3.63) is 65.2 Å². The summed E-state index contributed by atoms with van der Waals surface area (Å²) in [5.74, 6) is 1.13. The SMILES string of the molecule is COc1cccc(C2CC(C(=O)N/N=C/c3ccc(C(C)C)cc3)NN2)c1. The van der Waals surface area contributed by atoms with Gasteiger partial charge in [0.15, 0.2) is 0 Å². The van der Waals surface area contributed by atoms with Gasteiger partial charge in [0.2, 0.25) is 0 Å². The van der Waals surface area contributed by atoms with Gasteiger partial charge in [-0.1, -0.05) is 50.2 Å². The Hall–Kier alpha value is -2.70. The summed E-state index contributed by atoms with van der Waals surface area (Å²) >= 11 is 0. The third-order valence-electron chi connectivity index (χ3n) is 4.71. The highest BCUT2D eigenvalue weighted by Crippen LogP contribution is 2.25. The molecule has 1 amide bonds. The molecular weight excluding hydrogens is 340 g/mol. The maximum atomic E-state index is 12.3. The molecule has 2 aromatic rings. The molecule has 6 heteroatoms. The third-order valence-corrected chi connectivity index (χ3v) is 4.71. The molecule has 3 N–H and O–H groups in total. The van der Waals surface area contributed by atoms with Crippen molar-refractivity contribution in [2.24, 2.45) is 5.10 Å². The van der Waals surface area contributed by atoms with Gasteiger partial charge < -0.3 is 4.74 Å². The molecule has 6 nitrogen and oxygen atoms in total. The fraction of sp³-hybridized carbons (Fsp3) is 0.333. The number of hydrazine groups is 1. The van der Waals surface area contributed by atoms with Crippen LogP contribution in [0.5, 0.6) is 5.75 Å². The van der Waals surface area contributed by atoms with Gasteiger partial charge >= 0.3 is 0 Å². The van der Waals surface area contributed by atoms with Crippen LogP contribution in [0.15, 0.2) is 53.6 Å². The number of hydrogen-bond donors (Lipinski definition) is 3. The quantitative estimate of drug-likeness (QED) is 0.543. The standard InChI is InChI=1S/C21H26N4O2/c1-14(2)16-9-7-15(8-10-16)13-22-25-21(26)20-12-19(23-24-20)17-5-4-6-18(11-17)27-3/h4-11,13-14,19-20,23-24H,12H2,1-3H3,(H,25,26)/b22-13+. The van der Waals surface area contributed by atoms with Crippen LogP contribution in [-0.4, -0.2) is 25.3 Å². The van der Waals surface area contributed by atoms with E-state index in [4.69, 9.17) is 4.74 Å². The Morgan fingerprint density at radius 3 is 2.70 bits per heavy atom. The Balaban J connectivity index is 1.52. The van der Waals surface area contributed by atoms with Crippen molar-refractivity contribution in [1.29, 1.82) is 0 Å². The van der Waals surface area contributed by atoms with Crippen molar-refractivity contribution in [2.75, 3.05) is 7.11 Å². The molecular formula is C21H26N4O2. The van der Waals surface area contributed by atoms with Crippen molar-refractivity contribution in [3.63, 3.8) is 0 Å². The zero-order valence-electron chi connectivity index (χ0n) is 15.9. The molecule has 27 heavy (non-hydrogen) atoms. The van der Waals surface area contributed by atoms with Gasteiger partial charge in [0.05, 0.1) is 13.3 Å². The lowest BCUT2D eigenvalue weighted by Crippen LogP contribution is -2.41. The van der Waals surface area contributed by atoms with Gasteiger partial charge in [-0.2, -0.15) is 5.10 Å². The maximum absolute atomic E-state index is 12.3. The second-order valence-corrected chi connectivity index (χ2v) is 6.96. The molecule has 1 aliphatic rings. The number of nitrogens with zero attached hydrogens (tertiary/aromatic N) is 1. The number of ether oxygens (including phenoxy) is 1. The van der Waals surface area contributed by atoms with E-state index in [0.29, 0.717) is 12.3 Å². The van der Waals surface area contributed by atoms with Gasteiger partial charge in [-0.05, 0) is 41.2 Å². The molecule has 0 bridgehead atoms. The molecule has 1 aliphatic heterocycles. The molecule has 2 atom stereocenters. The Labute approximate surface area is 160 Å². The van der Waals surface area contributed by atoms with E-state index < -0.39 is 0 Å². The number of amides is 1. The lowest BCUT2D eigenvalue weighted by molar-refractivity contribution is -0.122. The Morgan fingerprint density at radius 2 is 2.00 bits per heavy atom. The van der Waals surface area contributed by atoms with Gasteiger partial charge in [0.1, 0.15) is 11.8 Å². The Kier molecular flexibility index (Phi) is 6.21. The predicted molar refractivity (Wildman–Crippen MR) is 107 cm³/mol. The number of methoxy groups -OCH3 is 1. The molecule has 0 aromatic heterocycles. The van der Waals surface area contributed by atoms with Crippen LogP contribution in [0.1, 0.15) is 48.9 Å². The molecule has 1 saturated heterocycles. The number of rotatable bonds is 6. The van der Waals surface area contributed by atoms with Crippen LogP contribution < -0.4 is 21.0 Å². The Morgan fingerprint density at radius 1 is 1.22 bits per heavy atom. The van der Waals surface area contributed by atoms with Crippen LogP contribution in [-0.2, 0) is 4.79 Å². The van der Waals surface area contributed by atoms with Crippen molar-refractivity contribution in [1.82, 2.24) is 16.3 Å². The van der Waals surface area contributed by atoms with E-state index in [1.165, 1.54) is 5.56 Å². The van der Waals surface area contributed by atoms with Crippen molar-refractivity contribution < 1.29 is 9.53 Å². The summed E-state index contributed by atoms with van der Waals surface area (Å²) < 4.78 is 5.26. The zero-order valence-corrected chi connectivity index (χ0v) is 15.9. The molecule has 0 saturated carbocycles. The molecule has 1 heterocycles. The highest BCUT2D eigenvalue weighted by atomic mass is 16.5. The average Bonchev–Trinajstić information content (AvgIpc) is 3.19. The molecule has 2 unspecified atom stereocenters. The van der Waals surface area contributed by atoms with Crippen LogP contribution in [0.4, 0.5) is 0 Å². The molecule has 1 fully saturated rings. The van der Waals surface area contributed by atoms with Gasteiger partial charge in [-0.3, -0.25) is 4.79 Å². The predicted octanol–water partition coefficient (Wildman–Crippen LogP) is 2.88. The summed E-state index contributed by atoms with van der Waals surface area (Å²) in [6.07, 6.45) is 2.29. The first-order valence-corrected chi connectivity index (χ1v) is 9.14. The van der Waals surface area contributed by atoms with Gasteiger partial charge in [0, 0.05) is 6.04 Å². The molecule has 0 aliphatic carbocycles. The van der Waals surface area contributed by atoms with Crippen LogP contribution in [0.2, 0.25) is 0 Å². The first kappa shape index (κ1) is 19.1.